The van der Waals surface area contributed by atoms with Gasteiger partial charge in [0.1, 0.15) is 0 Å². The van der Waals surface area contributed by atoms with Gasteiger partial charge in [0.05, 0.1) is 0 Å². The van der Waals surface area contributed by atoms with Crippen LogP contribution in [-0.2, 0) is 4.79 Å². The fourth-order valence-electron chi connectivity index (χ4n) is 1.66. The predicted octanol–water partition coefficient (Wildman–Crippen LogP) is 1.15. The number of hydrogen-bond acceptors (Lipinski definition) is 2. The molecule has 0 bridgehead atoms. The minimum atomic E-state index is -4.76. The van der Waals surface area contributed by atoms with Crippen molar-refractivity contribution in [3.05, 3.63) is 0 Å². The quantitative estimate of drug-likeness (QED) is 0.669. The fourth-order valence-corrected chi connectivity index (χ4v) is 1.66. The van der Waals surface area contributed by atoms with Crippen molar-refractivity contribution in [2.75, 3.05) is 19.6 Å². The number of carbonyl (C=O) groups is 1. The van der Waals surface area contributed by atoms with E-state index in [9.17, 15) is 18.0 Å². The molecule has 1 aliphatic heterocycles. The first kappa shape index (κ1) is 12.3. The SMILES string of the molecule is CC1(C)CN(C(=O)C(F)(F)F)CCCN1. The van der Waals surface area contributed by atoms with Gasteiger partial charge >= 0.3 is 12.1 Å². The molecule has 1 heterocycles. The average Bonchev–Trinajstić information content (AvgIpc) is 2.23. The van der Waals surface area contributed by atoms with Crippen molar-refractivity contribution in [3.8, 4) is 0 Å². The van der Waals surface area contributed by atoms with Crippen LogP contribution in [0.5, 0.6) is 0 Å². The van der Waals surface area contributed by atoms with Crippen molar-refractivity contribution in [2.45, 2.75) is 32.0 Å². The summed E-state index contributed by atoms with van der Waals surface area (Å²) in [4.78, 5) is 11.9. The highest BCUT2D eigenvalue weighted by Crippen LogP contribution is 2.21. The summed E-state index contributed by atoms with van der Waals surface area (Å²) in [6, 6.07) is 0. The summed E-state index contributed by atoms with van der Waals surface area (Å²) in [5, 5.41) is 3.10. The van der Waals surface area contributed by atoms with E-state index in [4.69, 9.17) is 0 Å². The summed E-state index contributed by atoms with van der Waals surface area (Å²) in [6.45, 7) is 4.46. The molecule has 15 heavy (non-hydrogen) atoms. The molecule has 1 N–H and O–H groups in total. The number of nitrogens with one attached hydrogen (secondary N) is 1. The van der Waals surface area contributed by atoms with Gasteiger partial charge < -0.3 is 10.2 Å². The molecule has 88 valence electrons. The van der Waals surface area contributed by atoms with Crippen LogP contribution in [0.4, 0.5) is 13.2 Å². The van der Waals surface area contributed by atoms with Gasteiger partial charge in [-0.2, -0.15) is 13.2 Å². The molecule has 1 amide bonds. The lowest BCUT2D eigenvalue weighted by Crippen LogP contribution is -2.50. The van der Waals surface area contributed by atoms with E-state index in [1.165, 1.54) is 0 Å². The maximum atomic E-state index is 12.2. The van der Waals surface area contributed by atoms with Crippen molar-refractivity contribution in [3.63, 3.8) is 0 Å². The lowest BCUT2D eigenvalue weighted by molar-refractivity contribution is -0.185. The molecule has 0 aromatic heterocycles. The third-order valence-electron chi connectivity index (χ3n) is 2.32. The predicted molar refractivity (Wildman–Crippen MR) is 49.3 cm³/mol. The van der Waals surface area contributed by atoms with Gasteiger partial charge in [-0.1, -0.05) is 0 Å². The smallest absolute Gasteiger partial charge is 0.333 e. The zero-order valence-electron chi connectivity index (χ0n) is 8.82. The van der Waals surface area contributed by atoms with Gasteiger partial charge in [-0.3, -0.25) is 4.79 Å². The second kappa shape index (κ2) is 4.00. The van der Waals surface area contributed by atoms with Crippen LogP contribution in [-0.4, -0.2) is 42.2 Å². The normalized spacial score (nSPS) is 22.3. The number of rotatable bonds is 0. The molecule has 0 atom stereocenters. The van der Waals surface area contributed by atoms with E-state index in [1.54, 1.807) is 13.8 Å². The van der Waals surface area contributed by atoms with Crippen molar-refractivity contribution >= 4 is 5.91 Å². The Balaban J connectivity index is 2.73. The van der Waals surface area contributed by atoms with E-state index < -0.39 is 17.6 Å². The van der Waals surface area contributed by atoms with Crippen molar-refractivity contribution in [1.29, 1.82) is 0 Å². The number of halogens is 3. The summed E-state index contributed by atoms with van der Waals surface area (Å²) >= 11 is 0. The number of amides is 1. The second-order valence-corrected chi connectivity index (χ2v) is 4.39. The van der Waals surface area contributed by atoms with Crippen LogP contribution in [0.1, 0.15) is 20.3 Å². The van der Waals surface area contributed by atoms with Gasteiger partial charge in [0.25, 0.3) is 0 Å². The van der Waals surface area contributed by atoms with Crippen LogP contribution in [0.2, 0.25) is 0 Å². The second-order valence-electron chi connectivity index (χ2n) is 4.39. The van der Waals surface area contributed by atoms with E-state index in [0.717, 1.165) is 4.90 Å². The van der Waals surface area contributed by atoms with Gasteiger partial charge in [0.15, 0.2) is 0 Å². The van der Waals surface area contributed by atoms with Gasteiger partial charge in [0.2, 0.25) is 0 Å². The third-order valence-corrected chi connectivity index (χ3v) is 2.32. The molecule has 1 saturated heterocycles. The summed E-state index contributed by atoms with van der Waals surface area (Å²) in [5.41, 5.74) is -0.461. The summed E-state index contributed by atoms with van der Waals surface area (Å²) in [6.07, 6.45) is -4.22. The van der Waals surface area contributed by atoms with Crippen LogP contribution < -0.4 is 5.32 Å². The van der Waals surface area contributed by atoms with Crippen LogP contribution in [0, 0.1) is 0 Å². The Hall–Kier alpha value is -0.780. The van der Waals surface area contributed by atoms with E-state index in [-0.39, 0.29) is 13.1 Å². The molecule has 0 spiro atoms. The highest BCUT2D eigenvalue weighted by molar-refractivity contribution is 5.82. The lowest BCUT2D eigenvalue weighted by Gasteiger charge is -2.30. The highest BCUT2D eigenvalue weighted by Gasteiger charge is 2.43. The van der Waals surface area contributed by atoms with E-state index in [0.29, 0.717) is 13.0 Å². The Labute approximate surface area is 86.6 Å². The number of hydrogen-bond donors (Lipinski definition) is 1. The Morgan fingerprint density at radius 2 is 2.00 bits per heavy atom. The van der Waals surface area contributed by atoms with Crippen LogP contribution >= 0.6 is 0 Å². The first-order valence-corrected chi connectivity index (χ1v) is 4.83. The van der Waals surface area contributed by atoms with Crippen molar-refractivity contribution in [1.82, 2.24) is 10.2 Å². The third kappa shape index (κ3) is 3.37. The topological polar surface area (TPSA) is 32.3 Å². The molecule has 0 aromatic carbocycles. The monoisotopic (exact) mass is 224 g/mol. The molecule has 0 unspecified atom stereocenters. The Kier molecular flexibility index (Phi) is 3.28. The van der Waals surface area contributed by atoms with Gasteiger partial charge in [-0.25, -0.2) is 0 Å². The minimum Gasteiger partial charge on any atom is -0.333 e. The number of nitrogens with zero attached hydrogens (tertiary/aromatic N) is 1. The molecule has 1 rings (SSSR count). The molecule has 0 radical (unpaired) electrons. The molecule has 0 aromatic rings. The average molecular weight is 224 g/mol. The minimum absolute atomic E-state index is 0.0886. The molecule has 1 aliphatic rings. The standard InChI is InChI=1S/C9H15F3N2O/c1-8(2)6-14(5-3-4-13-8)7(15)9(10,11)12/h13H,3-6H2,1-2H3. The molecular weight excluding hydrogens is 209 g/mol. The maximum absolute atomic E-state index is 12.2. The summed E-state index contributed by atoms with van der Waals surface area (Å²) in [5.74, 6) is -1.74. The van der Waals surface area contributed by atoms with Crippen molar-refractivity contribution < 1.29 is 18.0 Å². The Morgan fingerprint density at radius 3 is 2.53 bits per heavy atom. The zero-order chi connectivity index (χ0) is 11.7. The first-order valence-electron chi connectivity index (χ1n) is 4.83. The van der Waals surface area contributed by atoms with Gasteiger partial charge in [-0.15, -0.1) is 0 Å². The van der Waals surface area contributed by atoms with E-state index in [2.05, 4.69) is 5.32 Å². The summed E-state index contributed by atoms with van der Waals surface area (Å²) < 4.78 is 36.6. The van der Waals surface area contributed by atoms with E-state index >= 15 is 0 Å². The zero-order valence-corrected chi connectivity index (χ0v) is 8.82. The van der Waals surface area contributed by atoms with Crippen molar-refractivity contribution in [2.24, 2.45) is 0 Å². The van der Waals surface area contributed by atoms with Crippen LogP contribution in [0.25, 0.3) is 0 Å². The lowest BCUT2D eigenvalue weighted by atomic mass is 10.1. The largest absolute Gasteiger partial charge is 0.471 e. The number of alkyl halides is 3. The highest BCUT2D eigenvalue weighted by atomic mass is 19.4. The fraction of sp³-hybridized carbons (Fsp3) is 0.889. The molecule has 3 nitrogen and oxygen atoms in total. The molecule has 0 saturated carbocycles. The molecule has 0 aliphatic carbocycles. The first-order chi connectivity index (χ1) is 6.72. The van der Waals surface area contributed by atoms with E-state index in [1.807, 2.05) is 0 Å². The maximum Gasteiger partial charge on any atom is 0.471 e. The molecule has 1 fully saturated rings. The van der Waals surface area contributed by atoms with Gasteiger partial charge in [0, 0.05) is 18.6 Å². The Morgan fingerprint density at radius 1 is 1.40 bits per heavy atom. The molecule has 6 heteroatoms. The molecular formula is C9H15F3N2O. The van der Waals surface area contributed by atoms with Crippen LogP contribution in [0.3, 0.4) is 0 Å². The summed E-state index contributed by atoms with van der Waals surface area (Å²) in [7, 11) is 0. The Bertz CT molecular complexity index is 250. The van der Waals surface area contributed by atoms with Gasteiger partial charge in [-0.05, 0) is 26.8 Å². The number of carbonyl (C=O) groups excluding carboxylic acids is 1. The van der Waals surface area contributed by atoms with Crippen LogP contribution in [0.15, 0.2) is 0 Å².